The molecule has 31 heavy (non-hydrogen) atoms. The zero-order chi connectivity index (χ0) is 22.5. The van der Waals surface area contributed by atoms with Crippen LogP contribution in [0.25, 0.3) is 0 Å². The molecule has 1 amide bonds. The monoisotopic (exact) mass is 462 g/mol. The highest BCUT2D eigenvalue weighted by atomic mass is 35.5. The Labute approximate surface area is 193 Å². The van der Waals surface area contributed by atoms with Crippen LogP contribution >= 0.6 is 23.2 Å². The van der Waals surface area contributed by atoms with Gasteiger partial charge in [0.1, 0.15) is 5.75 Å². The lowest BCUT2D eigenvalue weighted by molar-refractivity contribution is -0.121. The fourth-order valence-corrected chi connectivity index (χ4v) is 3.40. The quantitative estimate of drug-likeness (QED) is 0.124. The maximum absolute atomic E-state index is 12.2. The van der Waals surface area contributed by atoms with E-state index in [-0.39, 0.29) is 16.5 Å². The van der Waals surface area contributed by atoms with Gasteiger partial charge in [0, 0.05) is 11.4 Å². The van der Waals surface area contributed by atoms with E-state index in [1.165, 1.54) is 44.2 Å². The van der Waals surface area contributed by atoms with E-state index in [4.69, 9.17) is 27.9 Å². The number of hydrogen-bond donors (Lipinski definition) is 1. The number of amides is 1. The first-order valence-corrected chi connectivity index (χ1v) is 11.3. The SMILES string of the molecule is CCCCCCCCCC(=O)N/N=C/c1ccc(OC(=O)c2ccc(Cl)cc2Cl)cc1. The fraction of sp³-hybridized carbons (Fsp3) is 0.375. The van der Waals surface area contributed by atoms with Crippen molar-refractivity contribution in [2.24, 2.45) is 5.10 Å². The number of rotatable bonds is 12. The topological polar surface area (TPSA) is 67.8 Å². The summed E-state index contributed by atoms with van der Waals surface area (Å²) in [7, 11) is 0. The third kappa shape index (κ3) is 9.53. The molecule has 2 rings (SSSR count). The van der Waals surface area contributed by atoms with Gasteiger partial charge in [0.05, 0.1) is 16.8 Å². The molecule has 2 aromatic rings. The maximum atomic E-state index is 12.2. The number of benzene rings is 2. The number of carbonyl (C=O) groups excluding carboxylic acids is 2. The average molecular weight is 463 g/mol. The minimum absolute atomic E-state index is 0.0878. The van der Waals surface area contributed by atoms with Crippen molar-refractivity contribution in [3.05, 3.63) is 63.6 Å². The summed E-state index contributed by atoms with van der Waals surface area (Å²) in [6.45, 7) is 2.20. The van der Waals surface area contributed by atoms with E-state index in [2.05, 4.69) is 17.5 Å². The molecule has 1 N–H and O–H groups in total. The molecule has 0 aliphatic rings. The molecule has 0 saturated heterocycles. The van der Waals surface area contributed by atoms with Gasteiger partial charge in [0.25, 0.3) is 0 Å². The highest BCUT2D eigenvalue weighted by molar-refractivity contribution is 6.36. The molecule has 0 radical (unpaired) electrons. The van der Waals surface area contributed by atoms with E-state index >= 15 is 0 Å². The molecular weight excluding hydrogens is 435 g/mol. The molecular formula is C24H28Cl2N2O3. The molecule has 2 aromatic carbocycles. The van der Waals surface area contributed by atoms with Crippen LogP contribution < -0.4 is 10.2 Å². The normalized spacial score (nSPS) is 10.9. The first-order chi connectivity index (χ1) is 15.0. The van der Waals surface area contributed by atoms with E-state index in [0.29, 0.717) is 17.2 Å². The van der Waals surface area contributed by atoms with Crippen molar-refractivity contribution in [3.8, 4) is 5.75 Å². The summed E-state index contributed by atoms with van der Waals surface area (Å²) in [6, 6.07) is 11.3. The Kier molecular flexibility index (Phi) is 11.1. The van der Waals surface area contributed by atoms with E-state index in [9.17, 15) is 9.59 Å². The molecule has 7 heteroatoms. The molecule has 0 spiro atoms. The third-order valence-electron chi connectivity index (χ3n) is 4.65. The predicted molar refractivity (Wildman–Crippen MR) is 126 cm³/mol. The van der Waals surface area contributed by atoms with Crippen molar-refractivity contribution in [3.63, 3.8) is 0 Å². The number of esters is 1. The minimum Gasteiger partial charge on any atom is -0.423 e. The summed E-state index contributed by atoms with van der Waals surface area (Å²) < 4.78 is 5.32. The Balaban J connectivity index is 1.72. The lowest BCUT2D eigenvalue weighted by Crippen LogP contribution is -2.16. The zero-order valence-corrected chi connectivity index (χ0v) is 19.2. The second-order valence-electron chi connectivity index (χ2n) is 7.25. The van der Waals surface area contributed by atoms with Gasteiger partial charge >= 0.3 is 5.97 Å². The van der Waals surface area contributed by atoms with Gasteiger partial charge in [0.2, 0.25) is 5.91 Å². The van der Waals surface area contributed by atoms with Gasteiger partial charge in [-0.3, -0.25) is 4.79 Å². The smallest absolute Gasteiger partial charge is 0.345 e. The molecule has 0 bridgehead atoms. The van der Waals surface area contributed by atoms with Gasteiger partial charge in [-0.05, 0) is 54.4 Å². The van der Waals surface area contributed by atoms with Crippen LogP contribution in [0.2, 0.25) is 10.0 Å². The van der Waals surface area contributed by atoms with Crippen molar-refractivity contribution in [1.82, 2.24) is 5.43 Å². The van der Waals surface area contributed by atoms with E-state index < -0.39 is 5.97 Å². The number of hydrogen-bond acceptors (Lipinski definition) is 4. The summed E-state index contributed by atoms with van der Waals surface area (Å²) in [5.41, 5.74) is 3.54. The second kappa shape index (κ2) is 13.8. The molecule has 0 atom stereocenters. The number of nitrogens with zero attached hydrogens (tertiary/aromatic N) is 1. The number of nitrogens with one attached hydrogen (secondary N) is 1. The maximum Gasteiger partial charge on any atom is 0.345 e. The summed E-state index contributed by atoms with van der Waals surface area (Å²) >= 11 is 11.9. The summed E-state index contributed by atoms with van der Waals surface area (Å²) in [4.78, 5) is 24.1. The first kappa shape index (κ1) is 24.9. The highest BCUT2D eigenvalue weighted by Crippen LogP contribution is 2.23. The summed E-state index contributed by atoms with van der Waals surface area (Å²) in [6.07, 6.45) is 10.2. The van der Waals surface area contributed by atoms with Gasteiger partial charge in [-0.2, -0.15) is 5.10 Å². The summed E-state index contributed by atoms with van der Waals surface area (Å²) in [5.74, 6) is -0.285. The Hall–Kier alpha value is -2.37. The van der Waals surface area contributed by atoms with Crippen molar-refractivity contribution >= 4 is 41.3 Å². The number of carbonyl (C=O) groups is 2. The van der Waals surface area contributed by atoms with Crippen LogP contribution in [0, 0.1) is 0 Å². The number of unbranched alkanes of at least 4 members (excludes halogenated alkanes) is 6. The lowest BCUT2D eigenvalue weighted by atomic mass is 10.1. The van der Waals surface area contributed by atoms with Gasteiger partial charge in [0.15, 0.2) is 0 Å². The number of ether oxygens (including phenoxy) is 1. The van der Waals surface area contributed by atoms with Crippen molar-refractivity contribution < 1.29 is 14.3 Å². The van der Waals surface area contributed by atoms with Crippen LogP contribution in [0.5, 0.6) is 5.75 Å². The lowest BCUT2D eigenvalue weighted by Gasteiger charge is -2.06. The largest absolute Gasteiger partial charge is 0.423 e. The molecule has 0 aliphatic heterocycles. The van der Waals surface area contributed by atoms with Crippen molar-refractivity contribution in [1.29, 1.82) is 0 Å². The van der Waals surface area contributed by atoms with Gasteiger partial charge in [-0.1, -0.05) is 68.7 Å². The van der Waals surface area contributed by atoms with Crippen molar-refractivity contribution in [2.45, 2.75) is 58.3 Å². The zero-order valence-electron chi connectivity index (χ0n) is 17.7. The highest BCUT2D eigenvalue weighted by Gasteiger charge is 2.13. The first-order valence-electron chi connectivity index (χ1n) is 10.6. The van der Waals surface area contributed by atoms with Crippen LogP contribution in [0.15, 0.2) is 47.6 Å². The molecule has 0 fully saturated rings. The molecule has 0 saturated carbocycles. The third-order valence-corrected chi connectivity index (χ3v) is 5.20. The average Bonchev–Trinajstić information content (AvgIpc) is 2.74. The van der Waals surface area contributed by atoms with Crippen LogP contribution in [-0.2, 0) is 4.79 Å². The van der Waals surface area contributed by atoms with Gasteiger partial charge in [-0.25, -0.2) is 10.2 Å². The number of hydrazone groups is 1. The van der Waals surface area contributed by atoms with Crippen molar-refractivity contribution in [2.75, 3.05) is 0 Å². The Morgan fingerprint density at radius 1 is 0.968 bits per heavy atom. The molecule has 5 nitrogen and oxygen atoms in total. The molecule has 0 unspecified atom stereocenters. The number of halogens is 2. The fourth-order valence-electron chi connectivity index (χ4n) is 2.92. The van der Waals surface area contributed by atoms with Gasteiger partial charge < -0.3 is 4.74 Å². The molecule has 166 valence electrons. The van der Waals surface area contributed by atoms with E-state index in [1.54, 1.807) is 36.5 Å². The molecule has 0 heterocycles. The predicted octanol–water partition coefficient (Wildman–Crippen LogP) is 6.80. The van der Waals surface area contributed by atoms with Gasteiger partial charge in [-0.15, -0.1) is 0 Å². The van der Waals surface area contributed by atoms with Crippen LogP contribution in [0.4, 0.5) is 0 Å². The standard InChI is InChI=1S/C24H28Cl2N2O3/c1-2-3-4-5-6-7-8-9-23(29)28-27-17-18-10-13-20(14-11-18)31-24(30)21-15-12-19(25)16-22(21)26/h10-17H,2-9H2,1H3,(H,28,29)/b27-17+. The second-order valence-corrected chi connectivity index (χ2v) is 8.09. The summed E-state index contributed by atoms with van der Waals surface area (Å²) in [5, 5.41) is 4.65. The van der Waals surface area contributed by atoms with E-state index in [1.807, 2.05) is 0 Å². The Bertz CT molecular complexity index is 883. The Morgan fingerprint density at radius 2 is 1.65 bits per heavy atom. The van der Waals surface area contributed by atoms with Crippen LogP contribution in [0.3, 0.4) is 0 Å². The molecule has 0 aromatic heterocycles. The van der Waals surface area contributed by atoms with E-state index in [0.717, 1.165) is 18.4 Å². The Morgan fingerprint density at radius 3 is 2.32 bits per heavy atom. The van der Waals surface area contributed by atoms with Crippen LogP contribution in [-0.4, -0.2) is 18.1 Å². The minimum atomic E-state index is -0.569. The molecule has 0 aliphatic carbocycles. The van der Waals surface area contributed by atoms with Crippen LogP contribution in [0.1, 0.15) is 74.2 Å².